The van der Waals surface area contributed by atoms with E-state index in [1.165, 1.54) is 0 Å². The highest BCUT2D eigenvalue weighted by Gasteiger charge is 2.49. The zero-order valence-electron chi connectivity index (χ0n) is 7.15. The van der Waals surface area contributed by atoms with Crippen LogP contribution in [0.15, 0.2) is 0 Å². The van der Waals surface area contributed by atoms with Crippen molar-refractivity contribution in [3.05, 3.63) is 0 Å². The Hall–Kier alpha value is -0.450. The highest BCUT2D eigenvalue weighted by Crippen LogP contribution is 2.34. The van der Waals surface area contributed by atoms with Crippen molar-refractivity contribution in [3.8, 4) is 0 Å². The first-order valence-corrected chi connectivity index (χ1v) is 4.05. The van der Waals surface area contributed by atoms with Crippen LogP contribution < -0.4 is 0 Å². The van der Waals surface area contributed by atoms with Crippen LogP contribution in [0.5, 0.6) is 0 Å². The van der Waals surface area contributed by atoms with Gasteiger partial charge in [-0.15, -0.1) is 0 Å². The molecule has 2 fully saturated rings. The van der Waals surface area contributed by atoms with Gasteiger partial charge in [-0.1, -0.05) is 0 Å². The summed E-state index contributed by atoms with van der Waals surface area (Å²) < 4.78 is 16.1. The second-order valence-corrected chi connectivity index (χ2v) is 3.57. The van der Waals surface area contributed by atoms with E-state index in [1.807, 2.05) is 13.8 Å². The van der Waals surface area contributed by atoms with Crippen LogP contribution in [-0.4, -0.2) is 37.0 Å². The SMILES string of the molecule is CC1(C)O[C@@H]2[C@H](C=O)OC[C@@H]2O1. The lowest BCUT2D eigenvalue weighted by Gasteiger charge is -2.19. The predicted molar refractivity (Wildman–Crippen MR) is 39.6 cm³/mol. The van der Waals surface area contributed by atoms with Crippen molar-refractivity contribution in [3.63, 3.8) is 0 Å². The van der Waals surface area contributed by atoms with Crippen molar-refractivity contribution in [2.75, 3.05) is 6.61 Å². The molecule has 2 heterocycles. The molecule has 0 aliphatic carbocycles. The molecular weight excluding hydrogens is 160 g/mol. The number of hydrogen-bond donors (Lipinski definition) is 0. The zero-order chi connectivity index (χ0) is 8.77. The summed E-state index contributed by atoms with van der Waals surface area (Å²) in [4.78, 5) is 10.5. The van der Waals surface area contributed by atoms with E-state index in [0.29, 0.717) is 6.61 Å². The summed E-state index contributed by atoms with van der Waals surface area (Å²) in [5, 5.41) is 0. The normalized spacial score (nSPS) is 44.3. The number of ether oxygens (including phenoxy) is 3. The van der Waals surface area contributed by atoms with E-state index in [9.17, 15) is 4.79 Å². The minimum atomic E-state index is -0.569. The highest BCUT2D eigenvalue weighted by molar-refractivity contribution is 5.58. The van der Waals surface area contributed by atoms with Gasteiger partial charge in [0, 0.05) is 0 Å². The van der Waals surface area contributed by atoms with Crippen molar-refractivity contribution in [1.82, 2.24) is 0 Å². The van der Waals surface area contributed by atoms with Crippen LogP contribution in [0.2, 0.25) is 0 Å². The van der Waals surface area contributed by atoms with E-state index in [0.717, 1.165) is 6.29 Å². The smallest absolute Gasteiger partial charge is 0.164 e. The summed E-state index contributed by atoms with van der Waals surface area (Å²) in [6.45, 7) is 4.14. The van der Waals surface area contributed by atoms with E-state index in [4.69, 9.17) is 14.2 Å². The van der Waals surface area contributed by atoms with Crippen LogP contribution in [-0.2, 0) is 19.0 Å². The monoisotopic (exact) mass is 172 g/mol. The van der Waals surface area contributed by atoms with Gasteiger partial charge >= 0.3 is 0 Å². The highest BCUT2D eigenvalue weighted by atomic mass is 16.8. The second kappa shape index (κ2) is 2.52. The summed E-state index contributed by atoms with van der Waals surface area (Å²) in [5.74, 6) is -0.569. The lowest BCUT2D eigenvalue weighted by molar-refractivity contribution is -0.174. The van der Waals surface area contributed by atoms with Gasteiger partial charge in [-0.25, -0.2) is 0 Å². The lowest BCUT2D eigenvalue weighted by atomic mass is 10.2. The lowest BCUT2D eigenvalue weighted by Crippen LogP contribution is -2.30. The summed E-state index contributed by atoms with van der Waals surface area (Å²) in [7, 11) is 0. The van der Waals surface area contributed by atoms with E-state index in [1.54, 1.807) is 0 Å². The van der Waals surface area contributed by atoms with E-state index in [2.05, 4.69) is 0 Å². The first-order chi connectivity index (χ1) is 5.62. The van der Waals surface area contributed by atoms with Crippen molar-refractivity contribution < 1.29 is 19.0 Å². The Morgan fingerprint density at radius 2 is 2.17 bits per heavy atom. The Labute approximate surface area is 70.8 Å². The van der Waals surface area contributed by atoms with Crippen LogP contribution in [0.1, 0.15) is 13.8 Å². The van der Waals surface area contributed by atoms with E-state index < -0.39 is 11.9 Å². The molecule has 0 radical (unpaired) electrons. The Bertz CT molecular complexity index is 201. The average Bonchev–Trinajstić information content (AvgIpc) is 2.42. The minimum Gasteiger partial charge on any atom is -0.365 e. The maximum absolute atomic E-state index is 10.5. The molecule has 2 saturated heterocycles. The minimum absolute atomic E-state index is 0.0739. The first kappa shape index (κ1) is 8.16. The summed E-state index contributed by atoms with van der Waals surface area (Å²) in [5.41, 5.74) is 0. The van der Waals surface area contributed by atoms with Crippen LogP contribution in [0, 0.1) is 0 Å². The van der Waals surface area contributed by atoms with Crippen LogP contribution in [0.4, 0.5) is 0 Å². The molecule has 12 heavy (non-hydrogen) atoms. The van der Waals surface area contributed by atoms with Crippen molar-refractivity contribution in [1.29, 1.82) is 0 Å². The second-order valence-electron chi connectivity index (χ2n) is 3.57. The predicted octanol–water partition coefficient (Wildman–Crippen LogP) is 0.104. The molecule has 3 atom stereocenters. The van der Waals surface area contributed by atoms with Crippen molar-refractivity contribution in [2.45, 2.75) is 37.9 Å². The van der Waals surface area contributed by atoms with Gasteiger partial charge in [-0.3, -0.25) is 0 Å². The molecule has 2 aliphatic rings. The maximum atomic E-state index is 10.5. The molecule has 4 nitrogen and oxygen atoms in total. The molecule has 0 aromatic heterocycles. The number of aldehydes is 1. The Balaban J connectivity index is 2.11. The Morgan fingerprint density at radius 3 is 2.83 bits per heavy atom. The molecule has 2 aliphatic heterocycles. The third kappa shape index (κ3) is 1.16. The van der Waals surface area contributed by atoms with Gasteiger partial charge in [-0.2, -0.15) is 0 Å². The fraction of sp³-hybridized carbons (Fsp3) is 0.875. The number of carbonyl (C=O) groups is 1. The molecular formula is C8H12O4. The van der Waals surface area contributed by atoms with Crippen molar-refractivity contribution in [2.24, 2.45) is 0 Å². The van der Waals surface area contributed by atoms with Crippen LogP contribution in [0.3, 0.4) is 0 Å². The molecule has 2 rings (SSSR count). The largest absolute Gasteiger partial charge is 0.365 e. The fourth-order valence-electron chi connectivity index (χ4n) is 1.69. The third-order valence-corrected chi connectivity index (χ3v) is 2.13. The molecule has 0 N–H and O–H groups in total. The topological polar surface area (TPSA) is 44.8 Å². The average molecular weight is 172 g/mol. The molecule has 0 unspecified atom stereocenters. The standard InChI is InChI=1S/C8H12O4/c1-8(2)11-6-4-10-5(3-9)7(6)12-8/h3,5-7H,4H2,1-2H3/t5-,6-,7+/m0/s1. The quantitative estimate of drug-likeness (QED) is 0.526. The van der Waals surface area contributed by atoms with Gasteiger partial charge in [0.15, 0.2) is 12.1 Å². The van der Waals surface area contributed by atoms with Crippen molar-refractivity contribution >= 4 is 6.29 Å². The molecule has 68 valence electrons. The van der Waals surface area contributed by atoms with Crippen LogP contribution in [0.25, 0.3) is 0 Å². The summed E-state index contributed by atoms with van der Waals surface area (Å²) >= 11 is 0. The fourth-order valence-corrected chi connectivity index (χ4v) is 1.69. The third-order valence-electron chi connectivity index (χ3n) is 2.13. The van der Waals surface area contributed by atoms with Gasteiger partial charge in [0.25, 0.3) is 0 Å². The van der Waals surface area contributed by atoms with Crippen LogP contribution >= 0.6 is 0 Å². The van der Waals surface area contributed by atoms with E-state index >= 15 is 0 Å². The van der Waals surface area contributed by atoms with Gasteiger partial charge in [0.1, 0.15) is 18.3 Å². The van der Waals surface area contributed by atoms with Gasteiger partial charge < -0.3 is 19.0 Å². The molecule has 0 amide bonds. The first-order valence-electron chi connectivity index (χ1n) is 4.05. The molecule has 0 aromatic carbocycles. The number of hydrogen-bond acceptors (Lipinski definition) is 4. The molecule has 0 saturated carbocycles. The van der Waals surface area contributed by atoms with Gasteiger partial charge in [0.05, 0.1) is 6.61 Å². The molecule has 0 aromatic rings. The molecule has 0 spiro atoms. The number of fused-ring (bicyclic) bond motifs is 1. The van der Waals surface area contributed by atoms with Gasteiger partial charge in [0.2, 0.25) is 0 Å². The Morgan fingerprint density at radius 1 is 1.42 bits per heavy atom. The Kier molecular flexibility index (Phi) is 1.71. The summed E-state index contributed by atoms with van der Waals surface area (Å²) in [6.07, 6.45) is 0.0413. The number of rotatable bonds is 1. The van der Waals surface area contributed by atoms with Gasteiger partial charge in [-0.05, 0) is 13.8 Å². The molecule has 0 bridgehead atoms. The molecule has 4 heteroatoms. The summed E-state index contributed by atoms with van der Waals surface area (Å²) in [6, 6.07) is 0. The zero-order valence-corrected chi connectivity index (χ0v) is 7.15. The number of carbonyl (C=O) groups excluding carboxylic acids is 1. The maximum Gasteiger partial charge on any atom is 0.164 e. The van der Waals surface area contributed by atoms with E-state index in [-0.39, 0.29) is 12.2 Å².